The highest BCUT2D eigenvalue weighted by atomic mass is 32.2. The second-order valence-electron chi connectivity index (χ2n) is 7.70. The van der Waals surface area contributed by atoms with Crippen LogP contribution in [0.2, 0.25) is 0 Å². The van der Waals surface area contributed by atoms with Gasteiger partial charge in [-0.25, -0.2) is 4.98 Å². The van der Waals surface area contributed by atoms with E-state index in [4.69, 9.17) is 4.98 Å². The van der Waals surface area contributed by atoms with Crippen LogP contribution in [0.15, 0.2) is 23.4 Å². The summed E-state index contributed by atoms with van der Waals surface area (Å²) in [5.74, 6) is 1.07. The zero-order valence-electron chi connectivity index (χ0n) is 16.5. The van der Waals surface area contributed by atoms with Gasteiger partial charge in [-0.05, 0) is 44.7 Å². The predicted octanol–water partition coefficient (Wildman–Crippen LogP) is 3.25. The molecule has 0 saturated carbocycles. The third kappa shape index (κ3) is 4.11. The Morgan fingerprint density at radius 1 is 1.15 bits per heavy atom. The van der Waals surface area contributed by atoms with Gasteiger partial charge in [-0.1, -0.05) is 36.7 Å². The van der Waals surface area contributed by atoms with Crippen LogP contribution in [0.5, 0.6) is 0 Å². The van der Waals surface area contributed by atoms with Crippen LogP contribution in [0.4, 0.5) is 0 Å². The van der Waals surface area contributed by atoms with Gasteiger partial charge in [-0.3, -0.25) is 0 Å². The summed E-state index contributed by atoms with van der Waals surface area (Å²) in [7, 11) is 0. The largest absolute Gasteiger partial charge is 0.334 e. The Bertz CT molecular complexity index is 914. The quantitative estimate of drug-likeness (QED) is 0.635. The van der Waals surface area contributed by atoms with Gasteiger partial charge in [-0.2, -0.15) is 0 Å². The number of piperidine rings is 1. The average molecular weight is 385 g/mol. The molecule has 0 unspecified atom stereocenters. The van der Waals surface area contributed by atoms with Crippen molar-refractivity contribution in [3.63, 3.8) is 0 Å². The summed E-state index contributed by atoms with van der Waals surface area (Å²) < 4.78 is 2.34. The Kier molecular flexibility index (Phi) is 5.93. The molecule has 0 amide bonds. The summed E-state index contributed by atoms with van der Waals surface area (Å²) in [5, 5.41) is 11.0. The number of hydrogen-bond acceptors (Lipinski definition) is 4. The molecule has 0 bridgehead atoms. The highest BCUT2D eigenvalue weighted by Crippen LogP contribution is 2.28. The summed E-state index contributed by atoms with van der Waals surface area (Å²) in [6.45, 7) is 9.19. The number of likely N-dealkylation sites (tertiary alicyclic amines) is 1. The molecule has 1 N–H and O–H groups in total. The molecule has 1 aliphatic rings. The highest BCUT2D eigenvalue weighted by molar-refractivity contribution is 7.99. The number of fused-ring (bicyclic) bond motifs is 3. The number of aryl methyl sites for hydroxylation is 2. The van der Waals surface area contributed by atoms with E-state index < -0.39 is 0 Å². The van der Waals surface area contributed by atoms with Crippen molar-refractivity contribution in [2.24, 2.45) is 0 Å². The van der Waals surface area contributed by atoms with Crippen molar-refractivity contribution >= 4 is 33.8 Å². The number of thioether (sulfide) groups is 1. The van der Waals surface area contributed by atoms with E-state index in [0.29, 0.717) is 0 Å². The van der Waals surface area contributed by atoms with Crippen LogP contribution < -0.4 is 4.90 Å². The molecule has 1 fully saturated rings. The summed E-state index contributed by atoms with van der Waals surface area (Å²) in [6.07, 6.45) is 6.48. The maximum atomic E-state index is 4.92. The van der Waals surface area contributed by atoms with E-state index in [-0.39, 0.29) is 0 Å². The van der Waals surface area contributed by atoms with Crippen molar-refractivity contribution in [1.29, 1.82) is 0 Å². The third-order valence-electron chi connectivity index (χ3n) is 5.59. The van der Waals surface area contributed by atoms with E-state index in [2.05, 4.69) is 46.8 Å². The van der Waals surface area contributed by atoms with Gasteiger partial charge in [0.25, 0.3) is 0 Å². The third-order valence-corrected chi connectivity index (χ3v) is 6.42. The summed E-state index contributed by atoms with van der Waals surface area (Å²) in [4.78, 5) is 6.65. The molecule has 3 heterocycles. The fourth-order valence-corrected chi connectivity index (χ4v) is 4.87. The number of rotatable bonds is 7. The number of aromatic nitrogens is 4. The van der Waals surface area contributed by atoms with Crippen molar-refractivity contribution in [3.8, 4) is 0 Å². The van der Waals surface area contributed by atoms with Crippen LogP contribution in [0.1, 0.15) is 44.6 Å². The molecule has 0 atom stereocenters. The standard InChI is InChI=1S/C21H29N5S/c1-3-4-12-26-18-9-8-16(2)15-17(18)19-20(26)22-21(24-23-19)27-14-13-25-10-6-5-7-11-25/h8-9,15H,3-7,10-14H2,1-2H3/p+1. The van der Waals surface area contributed by atoms with Gasteiger partial charge in [0.05, 0.1) is 30.9 Å². The first-order valence-corrected chi connectivity index (χ1v) is 11.3. The lowest BCUT2D eigenvalue weighted by Crippen LogP contribution is -3.13. The van der Waals surface area contributed by atoms with Crippen LogP contribution in [-0.4, -0.2) is 45.1 Å². The van der Waals surface area contributed by atoms with E-state index in [0.717, 1.165) is 35.0 Å². The number of hydrogen-bond donors (Lipinski definition) is 1. The Labute approximate surface area is 165 Å². The Morgan fingerprint density at radius 3 is 2.81 bits per heavy atom. The maximum absolute atomic E-state index is 4.92. The van der Waals surface area contributed by atoms with Gasteiger partial charge in [0.2, 0.25) is 5.16 Å². The molecule has 5 nitrogen and oxygen atoms in total. The Morgan fingerprint density at radius 2 is 2.00 bits per heavy atom. The van der Waals surface area contributed by atoms with Crippen molar-refractivity contribution in [2.45, 2.75) is 57.7 Å². The van der Waals surface area contributed by atoms with Crippen molar-refractivity contribution in [3.05, 3.63) is 23.8 Å². The maximum Gasteiger partial charge on any atom is 0.211 e. The zero-order chi connectivity index (χ0) is 18.6. The lowest BCUT2D eigenvalue weighted by Gasteiger charge is -2.22. The van der Waals surface area contributed by atoms with E-state index >= 15 is 0 Å². The molecule has 3 aromatic rings. The predicted molar refractivity (Wildman–Crippen MR) is 113 cm³/mol. The number of quaternary nitrogens is 1. The van der Waals surface area contributed by atoms with E-state index in [9.17, 15) is 0 Å². The Hall–Kier alpha value is -1.66. The molecule has 2 aromatic heterocycles. The SMILES string of the molecule is CCCCn1c2ccc(C)cc2c2nnc(SCC[NH+]3CCCCC3)nc21. The minimum Gasteiger partial charge on any atom is -0.334 e. The number of nitrogens with one attached hydrogen (secondary N) is 1. The van der Waals surface area contributed by atoms with Gasteiger partial charge in [-0.15, -0.1) is 10.2 Å². The fraction of sp³-hybridized carbons (Fsp3) is 0.571. The highest BCUT2D eigenvalue weighted by Gasteiger charge is 2.16. The molecule has 6 heteroatoms. The smallest absolute Gasteiger partial charge is 0.211 e. The molecule has 144 valence electrons. The zero-order valence-corrected chi connectivity index (χ0v) is 17.3. The average Bonchev–Trinajstić information content (AvgIpc) is 2.99. The number of unbranched alkanes of at least 4 members (excludes halogenated alkanes) is 1. The molecule has 0 spiro atoms. The van der Waals surface area contributed by atoms with Crippen LogP contribution in [0, 0.1) is 6.92 Å². The van der Waals surface area contributed by atoms with Gasteiger partial charge in [0.15, 0.2) is 5.65 Å². The van der Waals surface area contributed by atoms with Crippen molar-refractivity contribution in [2.75, 3.05) is 25.4 Å². The van der Waals surface area contributed by atoms with E-state index in [1.807, 2.05) is 0 Å². The molecular weight excluding hydrogens is 354 g/mol. The van der Waals surface area contributed by atoms with Crippen LogP contribution in [0.3, 0.4) is 0 Å². The molecule has 1 saturated heterocycles. The summed E-state index contributed by atoms with van der Waals surface area (Å²) in [5.41, 5.74) is 4.41. The topological polar surface area (TPSA) is 48.0 Å². The molecule has 1 aliphatic heterocycles. The second kappa shape index (κ2) is 8.57. The first-order chi connectivity index (χ1) is 13.3. The normalized spacial score (nSPS) is 15.8. The molecule has 4 rings (SSSR count). The monoisotopic (exact) mass is 384 g/mol. The van der Waals surface area contributed by atoms with Gasteiger partial charge < -0.3 is 9.47 Å². The number of benzene rings is 1. The van der Waals surface area contributed by atoms with Gasteiger partial charge in [0, 0.05) is 11.9 Å². The molecule has 0 aliphatic carbocycles. The Balaban J connectivity index is 1.59. The lowest BCUT2D eigenvalue weighted by molar-refractivity contribution is -0.902. The van der Waals surface area contributed by atoms with E-state index in [1.165, 1.54) is 61.8 Å². The fourth-order valence-electron chi connectivity index (χ4n) is 4.05. The van der Waals surface area contributed by atoms with Gasteiger partial charge in [0.1, 0.15) is 5.52 Å². The second-order valence-corrected chi connectivity index (χ2v) is 8.76. The van der Waals surface area contributed by atoms with E-state index in [1.54, 1.807) is 16.7 Å². The summed E-state index contributed by atoms with van der Waals surface area (Å²) >= 11 is 1.76. The van der Waals surface area contributed by atoms with Crippen molar-refractivity contribution < 1.29 is 4.90 Å². The van der Waals surface area contributed by atoms with Crippen LogP contribution in [0.25, 0.3) is 22.1 Å². The van der Waals surface area contributed by atoms with Crippen LogP contribution >= 0.6 is 11.8 Å². The molecular formula is C21H30N5S+. The van der Waals surface area contributed by atoms with Crippen molar-refractivity contribution in [1.82, 2.24) is 19.7 Å². The number of nitrogens with zero attached hydrogens (tertiary/aromatic N) is 4. The molecule has 27 heavy (non-hydrogen) atoms. The minimum atomic E-state index is 0.816. The lowest BCUT2D eigenvalue weighted by atomic mass is 10.1. The van der Waals surface area contributed by atoms with Crippen LogP contribution in [-0.2, 0) is 6.54 Å². The minimum absolute atomic E-state index is 0.816. The summed E-state index contributed by atoms with van der Waals surface area (Å²) in [6, 6.07) is 6.59. The molecule has 1 aromatic carbocycles. The van der Waals surface area contributed by atoms with Gasteiger partial charge >= 0.3 is 0 Å². The first-order valence-electron chi connectivity index (χ1n) is 10.4. The molecule has 0 radical (unpaired) electrons. The first kappa shape index (κ1) is 18.7.